The number of benzene rings is 2. The van der Waals surface area contributed by atoms with Crippen molar-refractivity contribution in [1.29, 1.82) is 0 Å². The first-order valence-corrected chi connectivity index (χ1v) is 12.3. The Morgan fingerprint density at radius 2 is 1.89 bits per heavy atom. The minimum absolute atomic E-state index is 0.00462. The molecule has 5 rings (SSSR count). The first-order chi connectivity index (χ1) is 17.9. The van der Waals surface area contributed by atoms with Gasteiger partial charge in [-0.15, -0.1) is 0 Å². The number of ketones is 1. The van der Waals surface area contributed by atoms with Crippen LogP contribution in [0.3, 0.4) is 0 Å². The Morgan fingerprint density at radius 1 is 1.11 bits per heavy atom. The number of hydrogen-bond acceptors (Lipinski definition) is 7. The fourth-order valence-corrected chi connectivity index (χ4v) is 4.71. The van der Waals surface area contributed by atoms with Gasteiger partial charge in [-0.3, -0.25) is 24.3 Å². The predicted molar refractivity (Wildman–Crippen MR) is 139 cm³/mol. The summed E-state index contributed by atoms with van der Waals surface area (Å²) in [6.45, 7) is 2.02. The van der Waals surface area contributed by atoms with Crippen LogP contribution < -0.4 is 4.90 Å². The molecule has 0 bridgehead atoms. The van der Waals surface area contributed by atoms with Gasteiger partial charge in [0.2, 0.25) is 5.78 Å². The second-order valence-electron chi connectivity index (χ2n) is 8.36. The van der Waals surface area contributed by atoms with E-state index < -0.39 is 23.5 Å². The van der Waals surface area contributed by atoms with E-state index >= 15 is 0 Å². The minimum atomic E-state index is -0.989. The number of fused-ring (bicyclic) bond motifs is 1. The molecule has 1 aliphatic heterocycles. The number of esters is 1. The third-order valence-electron chi connectivity index (χ3n) is 5.99. The van der Waals surface area contributed by atoms with Gasteiger partial charge in [-0.25, -0.2) is 0 Å². The number of halogens is 1. The number of aliphatic hydroxyl groups is 1. The first kappa shape index (κ1) is 24.5. The first-order valence-electron chi connectivity index (χ1n) is 11.5. The average Bonchev–Trinajstić information content (AvgIpc) is 3.43. The molecule has 1 N–H and O–H groups in total. The van der Waals surface area contributed by atoms with Gasteiger partial charge in [0.15, 0.2) is 11.5 Å². The largest absolute Gasteiger partial charge is 0.503 e. The van der Waals surface area contributed by atoms with Gasteiger partial charge in [0, 0.05) is 21.7 Å². The van der Waals surface area contributed by atoms with Crippen LogP contribution in [0, 0.1) is 0 Å². The third kappa shape index (κ3) is 4.65. The highest BCUT2D eigenvalue weighted by Crippen LogP contribution is 2.41. The van der Waals surface area contributed by atoms with Crippen molar-refractivity contribution in [3.8, 4) is 0 Å². The molecule has 1 unspecified atom stereocenters. The molecule has 1 amide bonds. The van der Waals surface area contributed by atoms with Crippen LogP contribution in [0.15, 0.2) is 93.1 Å². The Hall–Kier alpha value is -4.24. The number of anilines is 1. The lowest BCUT2D eigenvalue weighted by Crippen LogP contribution is -2.31. The van der Waals surface area contributed by atoms with E-state index in [-0.39, 0.29) is 30.3 Å². The number of carbonyl (C=O) groups is 3. The molecule has 1 aliphatic rings. The van der Waals surface area contributed by atoms with E-state index in [0.717, 1.165) is 4.47 Å². The topological polar surface area (TPSA) is 110 Å². The van der Waals surface area contributed by atoms with E-state index in [1.54, 1.807) is 73.8 Å². The van der Waals surface area contributed by atoms with Gasteiger partial charge in [-0.1, -0.05) is 34.1 Å². The van der Waals surface area contributed by atoms with Crippen LogP contribution in [0.1, 0.15) is 34.8 Å². The Bertz CT molecular complexity index is 1540. The number of carbonyl (C=O) groups excluding carboxylic acids is 3. The summed E-state index contributed by atoms with van der Waals surface area (Å²) in [6.07, 6.45) is 1.64. The number of aliphatic hydroxyl groups excluding tert-OH is 1. The van der Waals surface area contributed by atoms with E-state index in [4.69, 9.17) is 9.15 Å². The van der Waals surface area contributed by atoms with E-state index in [2.05, 4.69) is 20.9 Å². The minimum Gasteiger partial charge on any atom is -0.503 e. The second kappa shape index (κ2) is 10.0. The summed E-state index contributed by atoms with van der Waals surface area (Å²) >= 11 is 3.40. The highest BCUT2D eigenvalue weighted by atomic mass is 79.9. The summed E-state index contributed by atoms with van der Waals surface area (Å²) in [6, 6.07) is 17.8. The average molecular weight is 561 g/mol. The molecule has 4 aromatic rings. The number of ether oxygens (including phenoxy) is 1. The smallest absolute Gasteiger partial charge is 0.310 e. The van der Waals surface area contributed by atoms with Crippen LogP contribution >= 0.6 is 15.9 Å². The molecule has 0 aliphatic carbocycles. The zero-order valence-electron chi connectivity index (χ0n) is 19.7. The lowest BCUT2D eigenvalue weighted by molar-refractivity contribution is -0.142. The van der Waals surface area contributed by atoms with Crippen molar-refractivity contribution >= 4 is 50.2 Å². The Balaban J connectivity index is 1.54. The molecule has 9 heteroatoms. The molecular weight excluding hydrogens is 540 g/mol. The Kier molecular flexibility index (Phi) is 6.62. The van der Waals surface area contributed by atoms with Crippen molar-refractivity contribution in [2.75, 3.05) is 11.5 Å². The van der Waals surface area contributed by atoms with Crippen molar-refractivity contribution in [1.82, 2.24) is 4.98 Å². The third-order valence-corrected chi connectivity index (χ3v) is 6.48. The second-order valence-corrected chi connectivity index (χ2v) is 9.28. The molecule has 2 aromatic carbocycles. The Morgan fingerprint density at radius 3 is 2.59 bits per heavy atom. The van der Waals surface area contributed by atoms with Gasteiger partial charge >= 0.3 is 5.97 Å². The molecule has 37 heavy (non-hydrogen) atoms. The maximum atomic E-state index is 13.7. The van der Waals surface area contributed by atoms with Gasteiger partial charge in [0.1, 0.15) is 11.6 Å². The summed E-state index contributed by atoms with van der Waals surface area (Å²) in [5, 5.41) is 11.6. The molecular formula is C28H21BrN2O6. The van der Waals surface area contributed by atoms with Crippen molar-refractivity contribution < 1.29 is 28.6 Å². The Labute approximate surface area is 220 Å². The number of furan rings is 1. The van der Waals surface area contributed by atoms with Crippen molar-refractivity contribution in [3.05, 3.63) is 106 Å². The number of amides is 1. The quantitative estimate of drug-likeness (QED) is 0.235. The van der Waals surface area contributed by atoms with Crippen molar-refractivity contribution in [3.63, 3.8) is 0 Å². The van der Waals surface area contributed by atoms with Crippen LogP contribution in [0.5, 0.6) is 0 Å². The fourth-order valence-electron chi connectivity index (χ4n) is 4.33. The number of rotatable bonds is 7. The van der Waals surface area contributed by atoms with Gasteiger partial charge in [0.05, 0.1) is 24.3 Å². The highest BCUT2D eigenvalue weighted by molar-refractivity contribution is 9.10. The normalized spacial score (nSPS) is 15.5. The summed E-state index contributed by atoms with van der Waals surface area (Å²) in [7, 11) is 0. The summed E-state index contributed by atoms with van der Waals surface area (Å²) in [4.78, 5) is 44.5. The van der Waals surface area contributed by atoms with Crippen LogP contribution in [0.4, 0.5) is 5.69 Å². The maximum absolute atomic E-state index is 13.7. The maximum Gasteiger partial charge on any atom is 0.310 e. The standard InChI is InChI=1S/C28H21BrN2O6/c1-2-36-23(32)13-16-6-9-19(10-7-16)31-25(20-5-3-4-12-30-20)24(27(34)28(31)35)26(33)22-15-17-14-18(29)8-11-21(17)37-22/h3-12,14-15,25,34H,2,13H2,1H3. The zero-order chi connectivity index (χ0) is 26.1. The molecule has 2 aromatic heterocycles. The predicted octanol–water partition coefficient (Wildman–Crippen LogP) is 5.48. The molecule has 186 valence electrons. The summed E-state index contributed by atoms with van der Waals surface area (Å²) in [5.41, 5.74) is 1.90. The monoisotopic (exact) mass is 560 g/mol. The number of pyridine rings is 1. The lowest BCUT2D eigenvalue weighted by Gasteiger charge is -2.26. The lowest BCUT2D eigenvalue weighted by atomic mass is 9.98. The van der Waals surface area contributed by atoms with Crippen LogP contribution in [-0.4, -0.2) is 34.4 Å². The highest BCUT2D eigenvalue weighted by Gasteiger charge is 2.46. The number of Topliss-reactive ketones (excluding diaryl/α,β-unsaturated/α-hetero) is 1. The van der Waals surface area contributed by atoms with Crippen LogP contribution in [0.2, 0.25) is 0 Å². The van der Waals surface area contributed by atoms with E-state index in [1.807, 2.05) is 6.07 Å². The molecule has 0 radical (unpaired) electrons. The van der Waals surface area contributed by atoms with Crippen LogP contribution in [0.25, 0.3) is 11.0 Å². The van der Waals surface area contributed by atoms with Crippen molar-refractivity contribution in [2.24, 2.45) is 0 Å². The number of hydrogen-bond donors (Lipinski definition) is 1. The fraction of sp³-hybridized carbons (Fsp3) is 0.143. The van der Waals surface area contributed by atoms with Gasteiger partial charge < -0.3 is 14.3 Å². The molecule has 8 nitrogen and oxygen atoms in total. The van der Waals surface area contributed by atoms with E-state index in [1.165, 1.54) is 4.90 Å². The molecule has 0 saturated heterocycles. The number of nitrogens with zero attached hydrogens (tertiary/aromatic N) is 2. The molecule has 0 saturated carbocycles. The summed E-state index contributed by atoms with van der Waals surface area (Å²) < 4.78 is 11.6. The van der Waals surface area contributed by atoms with Crippen LogP contribution in [-0.2, 0) is 20.7 Å². The zero-order valence-corrected chi connectivity index (χ0v) is 21.3. The van der Waals surface area contributed by atoms with Crippen molar-refractivity contribution in [2.45, 2.75) is 19.4 Å². The SMILES string of the molecule is CCOC(=O)Cc1ccc(N2C(=O)C(O)=C(C(=O)c3cc4cc(Br)ccc4o3)C2c2ccccn2)cc1. The van der Waals surface area contributed by atoms with E-state index in [9.17, 15) is 19.5 Å². The molecule has 1 atom stereocenters. The molecule has 0 spiro atoms. The molecule has 3 heterocycles. The number of aromatic nitrogens is 1. The molecule has 0 fully saturated rings. The van der Waals surface area contributed by atoms with Gasteiger partial charge in [0.25, 0.3) is 5.91 Å². The summed E-state index contributed by atoms with van der Waals surface area (Å²) in [5.74, 6) is -2.39. The van der Waals surface area contributed by atoms with Gasteiger partial charge in [-0.2, -0.15) is 0 Å². The van der Waals surface area contributed by atoms with Gasteiger partial charge in [-0.05, 0) is 61.0 Å². The van der Waals surface area contributed by atoms with E-state index in [0.29, 0.717) is 27.9 Å².